The Labute approximate surface area is 134 Å². The van der Waals surface area contributed by atoms with E-state index in [1.165, 1.54) is 0 Å². The van der Waals surface area contributed by atoms with E-state index in [2.05, 4.69) is 20.9 Å². The lowest BCUT2D eigenvalue weighted by Gasteiger charge is -2.08. The van der Waals surface area contributed by atoms with E-state index in [0.717, 1.165) is 38.5 Å². The molecule has 0 atom stereocenters. The number of hydrogen-bond donors (Lipinski definition) is 0. The van der Waals surface area contributed by atoms with E-state index in [4.69, 9.17) is 21.1 Å². The molecule has 2 aromatic carbocycles. The van der Waals surface area contributed by atoms with Gasteiger partial charge >= 0.3 is 0 Å². The minimum absolute atomic E-state index is 0.263. The highest BCUT2D eigenvalue weighted by atomic mass is 79.9. The molecule has 0 spiro atoms. The molecule has 0 bridgehead atoms. The number of ether oxygens (including phenoxy) is 2. The molecule has 0 saturated heterocycles. The number of alkyl halides is 1. The molecule has 0 fully saturated rings. The van der Waals surface area contributed by atoms with Crippen LogP contribution < -0.4 is 9.47 Å². The Balaban J connectivity index is 1.96. The normalized spacial score (nSPS) is 13.0. The Morgan fingerprint density at radius 1 is 1.14 bits per heavy atom. The molecule has 4 rings (SSSR count). The topological polar surface area (TPSA) is 36.3 Å². The monoisotopic (exact) mass is 364 g/mol. The number of fused-ring (bicyclic) bond motifs is 2. The summed E-state index contributed by atoms with van der Waals surface area (Å²) in [6.07, 6.45) is 0. The van der Waals surface area contributed by atoms with Gasteiger partial charge in [-0.25, -0.2) is 4.98 Å². The molecule has 106 valence electrons. The number of rotatable bonds is 2. The molecule has 0 radical (unpaired) electrons. The predicted octanol–water partition coefficient (Wildman–Crippen LogP) is 4.26. The number of hydrogen-bond acceptors (Lipinski definition) is 3. The van der Waals surface area contributed by atoms with Gasteiger partial charge in [0, 0.05) is 10.5 Å². The molecule has 1 aromatic heterocycles. The Morgan fingerprint density at radius 3 is 2.86 bits per heavy atom. The van der Waals surface area contributed by atoms with E-state index in [-0.39, 0.29) is 6.79 Å². The molecule has 0 amide bonds. The Kier molecular flexibility index (Phi) is 3.05. The van der Waals surface area contributed by atoms with Crippen LogP contribution in [0.2, 0.25) is 0 Å². The third-order valence-electron chi connectivity index (χ3n) is 3.42. The number of benzene rings is 2. The van der Waals surface area contributed by atoms with Crippen LogP contribution in [-0.2, 0) is 5.88 Å². The van der Waals surface area contributed by atoms with Crippen LogP contribution in [0.25, 0.3) is 16.7 Å². The summed E-state index contributed by atoms with van der Waals surface area (Å²) in [5.74, 6) is 2.63. The first-order valence-corrected chi connectivity index (χ1v) is 7.72. The Bertz CT molecular complexity index is 847. The summed E-state index contributed by atoms with van der Waals surface area (Å²) in [5, 5.41) is 0. The first-order valence-electron chi connectivity index (χ1n) is 6.39. The van der Waals surface area contributed by atoms with Crippen molar-refractivity contribution < 1.29 is 9.47 Å². The fourth-order valence-electron chi connectivity index (χ4n) is 2.51. The molecule has 0 N–H and O–H groups in total. The van der Waals surface area contributed by atoms with Gasteiger partial charge in [-0.2, -0.15) is 0 Å². The molecular weight excluding hydrogens is 356 g/mol. The van der Waals surface area contributed by atoms with E-state index >= 15 is 0 Å². The highest BCUT2D eigenvalue weighted by Crippen LogP contribution is 2.35. The zero-order valence-electron chi connectivity index (χ0n) is 10.8. The van der Waals surface area contributed by atoms with Crippen molar-refractivity contribution >= 4 is 38.6 Å². The summed E-state index contributed by atoms with van der Waals surface area (Å²) < 4.78 is 13.8. The van der Waals surface area contributed by atoms with E-state index in [1.54, 1.807) is 0 Å². The lowest BCUT2D eigenvalue weighted by molar-refractivity contribution is 0.174. The summed E-state index contributed by atoms with van der Waals surface area (Å²) in [6, 6.07) is 11.8. The number of aromatic nitrogens is 2. The average molecular weight is 366 g/mol. The molecule has 0 saturated carbocycles. The third kappa shape index (κ3) is 2.08. The molecule has 1 aliphatic heterocycles. The fraction of sp³-hybridized carbons (Fsp3) is 0.133. The molecular formula is C15H10BrClN2O2. The van der Waals surface area contributed by atoms with Crippen LogP contribution >= 0.6 is 27.5 Å². The van der Waals surface area contributed by atoms with Crippen LogP contribution in [0.5, 0.6) is 11.5 Å². The van der Waals surface area contributed by atoms with Gasteiger partial charge in [0.2, 0.25) is 6.79 Å². The van der Waals surface area contributed by atoms with Gasteiger partial charge in [0.15, 0.2) is 11.5 Å². The SMILES string of the molecule is ClCc1nc2cc(Br)ccc2n1-c1ccc2c(c1)OCO2. The highest BCUT2D eigenvalue weighted by molar-refractivity contribution is 9.10. The average Bonchev–Trinajstić information content (AvgIpc) is 3.09. The summed E-state index contributed by atoms with van der Waals surface area (Å²) in [6.45, 7) is 0.263. The van der Waals surface area contributed by atoms with E-state index in [0.29, 0.717) is 5.88 Å². The molecule has 0 aliphatic carbocycles. The molecule has 6 heteroatoms. The summed E-state index contributed by atoms with van der Waals surface area (Å²) in [5.41, 5.74) is 2.87. The number of halogens is 2. The van der Waals surface area contributed by atoms with Crippen molar-refractivity contribution in [2.75, 3.05) is 6.79 Å². The summed E-state index contributed by atoms with van der Waals surface area (Å²) >= 11 is 9.53. The van der Waals surface area contributed by atoms with Crippen molar-refractivity contribution in [3.63, 3.8) is 0 Å². The molecule has 21 heavy (non-hydrogen) atoms. The first-order chi connectivity index (χ1) is 10.3. The third-order valence-corrected chi connectivity index (χ3v) is 4.15. The lowest BCUT2D eigenvalue weighted by atomic mass is 10.2. The highest BCUT2D eigenvalue weighted by Gasteiger charge is 2.17. The summed E-state index contributed by atoms with van der Waals surface area (Å²) in [4.78, 5) is 4.59. The van der Waals surface area contributed by atoms with Gasteiger partial charge in [0.05, 0.1) is 22.6 Å². The van der Waals surface area contributed by atoms with E-state index in [9.17, 15) is 0 Å². The smallest absolute Gasteiger partial charge is 0.231 e. The summed E-state index contributed by atoms with van der Waals surface area (Å²) in [7, 11) is 0. The van der Waals surface area contributed by atoms with Crippen molar-refractivity contribution in [2.24, 2.45) is 0 Å². The van der Waals surface area contributed by atoms with Crippen molar-refractivity contribution in [3.8, 4) is 17.2 Å². The van der Waals surface area contributed by atoms with Gasteiger partial charge in [-0.05, 0) is 30.3 Å². The van der Waals surface area contributed by atoms with Crippen LogP contribution in [0, 0.1) is 0 Å². The van der Waals surface area contributed by atoms with Gasteiger partial charge < -0.3 is 9.47 Å². The molecule has 3 aromatic rings. The first kappa shape index (κ1) is 13.0. The molecule has 4 nitrogen and oxygen atoms in total. The maximum absolute atomic E-state index is 6.06. The maximum atomic E-state index is 6.06. The van der Waals surface area contributed by atoms with Crippen molar-refractivity contribution in [1.82, 2.24) is 9.55 Å². The van der Waals surface area contributed by atoms with Gasteiger partial charge in [-0.3, -0.25) is 4.57 Å². The van der Waals surface area contributed by atoms with Gasteiger partial charge in [0.25, 0.3) is 0 Å². The van der Waals surface area contributed by atoms with E-state index in [1.807, 2.05) is 41.0 Å². The largest absolute Gasteiger partial charge is 0.454 e. The van der Waals surface area contributed by atoms with Gasteiger partial charge in [0.1, 0.15) is 5.82 Å². The minimum Gasteiger partial charge on any atom is -0.454 e. The second-order valence-corrected chi connectivity index (χ2v) is 5.85. The molecule has 1 aliphatic rings. The van der Waals surface area contributed by atoms with Crippen molar-refractivity contribution in [2.45, 2.75) is 5.88 Å². The predicted molar refractivity (Wildman–Crippen MR) is 84.5 cm³/mol. The molecule has 2 heterocycles. The zero-order chi connectivity index (χ0) is 14.4. The van der Waals surface area contributed by atoms with Crippen LogP contribution in [-0.4, -0.2) is 16.3 Å². The van der Waals surface area contributed by atoms with Gasteiger partial charge in [-0.15, -0.1) is 11.6 Å². The maximum Gasteiger partial charge on any atom is 0.231 e. The van der Waals surface area contributed by atoms with Crippen LogP contribution in [0.3, 0.4) is 0 Å². The fourth-order valence-corrected chi connectivity index (χ4v) is 3.03. The standard InChI is InChI=1S/C15H10BrClN2O2/c16-9-1-3-12-11(5-9)18-15(7-17)19(12)10-2-4-13-14(6-10)21-8-20-13/h1-6H,7-8H2. The van der Waals surface area contributed by atoms with Gasteiger partial charge in [-0.1, -0.05) is 15.9 Å². The van der Waals surface area contributed by atoms with Crippen molar-refractivity contribution in [3.05, 3.63) is 46.7 Å². The van der Waals surface area contributed by atoms with Crippen LogP contribution in [0.15, 0.2) is 40.9 Å². The Hall–Kier alpha value is -1.72. The second kappa shape index (κ2) is 4.93. The van der Waals surface area contributed by atoms with Crippen LogP contribution in [0.1, 0.15) is 5.82 Å². The second-order valence-electron chi connectivity index (χ2n) is 4.67. The number of imidazole rings is 1. The zero-order valence-corrected chi connectivity index (χ0v) is 13.2. The Morgan fingerprint density at radius 2 is 2.00 bits per heavy atom. The molecule has 0 unspecified atom stereocenters. The van der Waals surface area contributed by atoms with Crippen LogP contribution in [0.4, 0.5) is 0 Å². The minimum atomic E-state index is 0.263. The lowest BCUT2D eigenvalue weighted by Crippen LogP contribution is -1.99. The van der Waals surface area contributed by atoms with E-state index < -0.39 is 0 Å². The van der Waals surface area contributed by atoms with Crippen molar-refractivity contribution in [1.29, 1.82) is 0 Å². The quantitative estimate of drug-likeness (QED) is 0.637. The number of nitrogens with zero attached hydrogens (tertiary/aromatic N) is 2.